The Bertz CT molecular complexity index is 1170. The Balaban J connectivity index is 1.51. The van der Waals surface area contributed by atoms with Crippen LogP contribution < -0.4 is 5.32 Å². The number of aromatic nitrogens is 5. The summed E-state index contributed by atoms with van der Waals surface area (Å²) in [5, 5.41) is 13.6. The van der Waals surface area contributed by atoms with E-state index in [-0.39, 0.29) is 18.9 Å². The summed E-state index contributed by atoms with van der Waals surface area (Å²) >= 11 is 0. The summed E-state index contributed by atoms with van der Waals surface area (Å²) in [6.07, 6.45) is 0.219. The van der Waals surface area contributed by atoms with E-state index in [4.69, 9.17) is 4.42 Å². The molecule has 0 aliphatic carbocycles. The Labute approximate surface area is 179 Å². The Hall–Kier alpha value is -3.93. The van der Waals surface area contributed by atoms with Crippen molar-refractivity contribution in [2.75, 3.05) is 18.5 Å². The lowest BCUT2D eigenvalue weighted by Crippen LogP contribution is -2.19. The first-order chi connectivity index (χ1) is 15.4. The number of hydrogen-bond donors (Lipinski definition) is 2. The fourth-order valence-corrected chi connectivity index (χ4v) is 2.85. The Morgan fingerprint density at radius 3 is 2.78 bits per heavy atom. The van der Waals surface area contributed by atoms with E-state index in [0.29, 0.717) is 28.5 Å². The molecule has 0 saturated carbocycles. The molecule has 4 heterocycles. The van der Waals surface area contributed by atoms with Crippen LogP contribution in [0.5, 0.6) is 0 Å². The molecule has 0 radical (unpaired) electrons. The predicted molar refractivity (Wildman–Crippen MR) is 107 cm³/mol. The first kappa shape index (κ1) is 21.3. The van der Waals surface area contributed by atoms with Crippen LogP contribution in [0.3, 0.4) is 0 Å². The number of H-pyrrole nitrogens is 1. The van der Waals surface area contributed by atoms with Gasteiger partial charge in [-0.2, -0.15) is 23.4 Å². The van der Waals surface area contributed by atoms with Crippen molar-refractivity contribution in [1.82, 2.24) is 25.0 Å². The van der Waals surface area contributed by atoms with Crippen LogP contribution in [0.2, 0.25) is 0 Å². The molecule has 166 valence electrons. The molecule has 1 amide bonds. The minimum absolute atomic E-state index is 0.0521. The van der Waals surface area contributed by atoms with Crippen LogP contribution in [0.25, 0.3) is 22.8 Å². The maximum Gasteiger partial charge on any atom is 0.411 e. The number of rotatable bonds is 8. The predicted octanol–water partition coefficient (Wildman–Crippen LogP) is 3.76. The fourth-order valence-electron chi connectivity index (χ4n) is 2.85. The SMILES string of the molecule is O=C(Nc1cn(CCOCC(F)(F)F)nc1-c1ccccn1)c1ccc(-c2ccn[nH]2)o1. The van der Waals surface area contributed by atoms with Crippen LogP contribution in [-0.4, -0.2) is 50.3 Å². The molecule has 0 aliphatic rings. The van der Waals surface area contributed by atoms with E-state index in [1.54, 1.807) is 42.7 Å². The number of aromatic amines is 1. The normalized spacial score (nSPS) is 11.6. The molecule has 9 nitrogen and oxygen atoms in total. The minimum atomic E-state index is -4.40. The van der Waals surface area contributed by atoms with E-state index in [1.807, 2.05) is 0 Å². The van der Waals surface area contributed by atoms with Crippen molar-refractivity contribution < 1.29 is 27.1 Å². The zero-order valence-electron chi connectivity index (χ0n) is 16.5. The number of furan rings is 1. The third kappa shape index (κ3) is 5.21. The van der Waals surface area contributed by atoms with Gasteiger partial charge in [-0.1, -0.05) is 6.07 Å². The van der Waals surface area contributed by atoms with Crippen LogP contribution >= 0.6 is 0 Å². The Kier molecular flexibility index (Phi) is 6.03. The quantitative estimate of drug-likeness (QED) is 0.399. The highest BCUT2D eigenvalue weighted by molar-refractivity contribution is 6.04. The monoisotopic (exact) mass is 446 g/mol. The molecule has 0 saturated heterocycles. The van der Waals surface area contributed by atoms with Gasteiger partial charge in [-0.15, -0.1) is 0 Å². The largest absolute Gasteiger partial charge is 0.449 e. The molecule has 0 unspecified atom stereocenters. The number of ether oxygens (including phenoxy) is 1. The molecular formula is C20H17F3N6O3. The molecule has 4 rings (SSSR count). The van der Waals surface area contributed by atoms with Gasteiger partial charge in [0.25, 0.3) is 5.91 Å². The van der Waals surface area contributed by atoms with E-state index < -0.39 is 18.7 Å². The van der Waals surface area contributed by atoms with Gasteiger partial charge in [-0.25, -0.2) is 0 Å². The molecule has 0 bridgehead atoms. The molecule has 0 spiro atoms. The average Bonchev–Trinajstić information content (AvgIpc) is 3.51. The molecule has 0 atom stereocenters. The van der Waals surface area contributed by atoms with Crippen LogP contribution in [0.1, 0.15) is 10.6 Å². The molecule has 0 aromatic carbocycles. The third-order valence-corrected chi connectivity index (χ3v) is 4.24. The highest BCUT2D eigenvalue weighted by Gasteiger charge is 2.27. The van der Waals surface area contributed by atoms with Crippen molar-refractivity contribution in [2.45, 2.75) is 12.7 Å². The number of hydrogen-bond acceptors (Lipinski definition) is 6. The lowest BCUT2D eigenvalue weighted by Gasteiger charge is -2.07. The van der Waals surface area contributed by atoms with Crippen LogP contribution in [0.15, 0.2) is 59.4 Å². The van der Waals surface area contributed by atoms with E-state index in [2.05, 4.69) is 30.3 Å². The standard InChI is InChI=1S/C20H17F3N6O3/c21-20(22,23)12-31-10-9-29-11-15(18(28-29)14-3-1-2-7-24-14)26-19(30)17-5-4-16(32-17)13-6-8-25-27-13/h1-8,11H,9-10,12H2,(H,25,27)(H,26,30). The lowest BCUT2D eigenvalue weighted by atomic mass is 10.2. The van der Waals surface area contributed by atoms with Crippen molar-refractivity contribution >= 4 is 11.6 Å². The van der Waals surface area contributed by atoms with Gasteiger partial charge < -0.3 is 14.5 Å². The Morgan fingerprint density at radius 2 is 2.06 bits per heavy atom. The third-order valence-electron chi connectivity index (χ3n) is 4.24. The second-order valence-corrected chi connectivity index (χ2v) is 6.63. The topological polar surface area (TPSA) is 111 Å². The van der Waals surface area contributed by atoms with Gasteiger partial charge in [-0.3, -0.25) is 19.6 Å². The number of carbonyl (C=O) groups excluding carboxylic acids is 1. The number of nitrogens with one attached hydrogen (secondary N) is 2. The summed E-state index contributed by atoms with van der Waals surface area (Å²) in [7, 11) is 0. The molecule has 4 aromatic rings. The van der Waals surface area contributed by atoms with Gasteiger partial charge >= 0.3 is 6.18 Å². The first-order valence-electron chi connectivity index (χ1n) is 9.43. The second-order valence-electron chi connectivity index (χ2n) is 6.63. The van der Waals surface area contributed by atoms with Gasteiger partial charge in [0, 0.05) is 18.6 Å². The summed E-state index contributed by atoms with van der Waals surface area (Å²) in [4.78, 5) is 17.0. The van der Waals surface area contributed by atoms with Gasteiger partial charge in [0.15, 0.2) is 11.5 Å². The van der Waals surface area contributed by atoms with Gasteiger partial charge in [0.1, 0.15) is 18.0 Å². The molecule has 0 fully saturated rings. The van der Waals surface area contributed by atoms with Gasteiger partial charge in [0.2, 0.25) is 0 Å². The number of carbonyl (C=O) groups is 1. The Morgan fingerprint density at radius 1 is 1.19 bits per heavy atom. The molecule has 0 aliphatic heterocycles. The molecule has 12 heteroatoms. The van der Waals surface area contributed by atoms with E-state index in [9.17, 15) is 18.0 Å². The maximum absolute atomic E-state index is 12.7. The fraction of sp³-hybridized carbons (Fsp3) is 0.200. The van der Waals surface area contributed by atoms with Crippen LogP contribution in [0, 0.1) is 0 Å². The zero-order valence-corrected chi connectivity index (χ0v) is 16.5. The molecule has 2 N–H and O–H groups in total. The molecule has 4 aromatic heterocycles. The van der Waals surface area contributed by atoms with Crippen molar-refractivity contribution in [3.63, 3.8) is 0 Å². The van der Waals surface area contributed by atoms with E-state index >= 15 is 0 Å². The van der Waals surface area contributed by atoms with Crippen molar-refractivity contribution in [3.05, 3.63) is 60.7 Å². The first-order valence-corrected chi connectivity index (χ1v) is 9.43. The average molecular weight is 446 g/mol. The smallest absolute Gasteiger partial charge is 0.411 e. The summed E-state index contributed by atoms with van der Waals surface area (Å²) < 4.78 is 48.3. The van der Waals surface area contributed by atoms with Crippen molar-refractivity contribution in [3.8, 4) is 22.8 Å². The van der Waals surface area contributed by atoms with E-state index in [0.717, 1.165) is 0 Å². The number of alkyl halides is 3. The summed E-state index contributed by atoms with van der Waals surface area (Å²) in [5.74, 6) is -0.0289. The van der Waals surface area contributed by atoms with Gasteiger partial charge in [-0.05, 0) is 30.3 Å². The zero-order chi connectivity index (χ0) is 22.6. The number of nitrogens with zero attached hydrogens (tertiary/aromatic N) is 4. The van der Waals surface area contributed by atoms with Crippen molar-refractivity contribution in [2.24, 2.45) is 0 Å². The highest BCUT2D eigenvalue weighted by Crippen LogP contribution is 2.26. The van der Waals surface area contributed by atoms with Crippen LogP contribution in [-0.2, 0) is 11.3 Å². The lowest BCUT2D eigenvalue weighted by molar-refractivity contribution is -0.174. The number of pyridine rings is 1. The summed E-state index contributed by atoms with van der Waals surface area (Å²) in [5.41, 5.74) is 1.78. The number of amides is 1. The summed E-state index contributed by atoms with van der Waals surface area (Å²) in [6, 6.07) is 10.0. The summed E-state index contributed by atoms with van der Waals surface area (Å²) in [6.45, 7) is -1.50. The van der Waals surface area contributed by atoms with E-state index in [1.165, 1.54) is 16.9 Å². The molecular weight excluding hydrogens is 429 g/mol. The van der Waals surface area contributed by atoms with Gasteiger partial charge in [0.05, 0.1) is 24.5 Å². The molecule has 32 heavy (non-hydrogen) atoms. The minimum Gasteiger partial charge on any atom is -0.449 e. The van der Waals surface area contributed by atoms with Crippen LogP contribution in [0.4, 0.5) is 18.9 Å². The second kappa shape index (κ2) is 9.06. The number of anilines is 1. The van der Waals surface area contributed by atoms with Crippen molar-refractivity contribution in [1.29, 1.82) is 0 Å². The highest BCUT2D eigenvalue weighted by atomic mass is 19.4. The maximum atomic E-state index is 12.7. The number of halogens is 3.